The van der Waals surface area contributed by atoms with Crippen LogP contribution in [-0.4, -0.2) is 50.0 Å². The lowest BCUT2D eigenvalue weighted by Gasteiger charge is -2.35. The third-order valence-corrected chi connectivity index (χ3v) is 9.71. The Kier molecular flexibility index (Phi) is 11.3. The maximum Gasteiger partial charge on any atom is 0.244 e. The molecule has 1 unspecified atom stereocenters. The fourth-order valence-electron chi connectivity index (χ4n) is 5.18. The highest BCUT2D eigenvalue weighted by Crippen LogP contribution is 2.26. The van der Waals surface area contributed by atoms with Gasteiger partial charge in [0.2, 0.25) is 21.8 Å². The van der Waals surface area contributed by atoms with Crippen molar-refractivity contribution in [2.45, 2.75) is 57.2 Å². The van der Waals surface area contributed by atoms with Gasteiger partial charge in [-0.25, -0.2) is 8.42 Å². The third-order valence-electron chi connectivity index (χ3n) is 7.33. The summed E-state index contributed by atoms with van der Waals surface area (Å²) in [6.45, 7) is -0.458. The van der Waals surface area contributed by atoms with Crippen LogP contribution in [-0.2, 0) is 32.6 Å². The van der Waals surface area contributed by atoms with Gasteiger partial charge in [0.15, 0.2) is 0 Å². The van der Waals surface area contributed by atoms with E-state index in [4.69, 9.17) is 23.2 Å². The second kappa shape index (κ2) is 14.7. The number of amides is 2. The minimum Gasteiger partial charge on any atom is -0.352 e. The Morgan fingerprint density at radius 3 is 2.29 bits per heavy atom. The Morgan fingerprint density at radius 1 is 0.929 bits per heavy atom. The van der Waals surface area contributed by atoms with Gasteiger partial charge in [-0.15, -0.1) is 0 Å². The molecule has 224 valence electrons. The van der Waals surface area contributed by atoms with Crippen molar-refractivity contribution in [1.82, 2.24) is 10.2 Å². The summed E-state index contributed by atoms with van der Waals surface area (Å²) in [5, 5.41) is 3.87. The topological polar surface area (TPSA) is 86.8 Å². The number of benzene rings is 3. The fourth-order valence-corrected chi connectivity index (χ4v) is 6.73. The van der Waals surface area contributed by atoms with Crippen LogP contribution >= 0.6 is 39.1 Å². The highest BCUT2D eigenvalue weighted by atomic mass is 79.9. The Morgan fingerprint density at radius 2 is 1.64 bits per heavy atom. The molecule has 0 spiro atoms. The zero-order chi connectivity index (χ0) is 30.3. The molecule has 1 aliphatic carbocycles. The van der Waals surface area contributed by atoms with Crippen LogP contribution in [0.3, 0.4) is 0 Å². The standard InChI is InChI=1S/C31H34BrCl2N3O4S/c1-42(40,41)37(26-14-8-11-24(32)19-26)21-30(38)36(20-23-15-16-27(33)28(34)17-23)29(18-22-9-4-2-5-10-22)31(39)35-25-12-6-3-7-13-25/h2,4-5,8-11,14-17,19,25,29H,3,6-7,12-13,18,20-21H2,1H3,(H,35,39). The first-order chi connectivity index (χ1) is 20.0. The minimum atomic E-state index is -3.85. The summed E-state index contributed by atoms with van der Waals surface area (Å²) >= 11 is 15.8. The molecule has 7 nitrogen and oxygen atoms in total. The molecule has 1 atom stereocenters. The number of carbonyl (C=O) groups is 2. The lowest BCUT2D eigenvalue weighted by molar-refractivity contribution is -0.140. The summed E-state index contributed by atoms with van der Waals surface area (Å²) in [6.07, 6.45) is 6.29. The van der Waals surface area contributed by atoms with Crippen molar-refractivity contribution in [3.05, 3.63) is 98.4 Å². The number of nitrogens with zero attached hydrogens (tertiary/aromatic N) is 2. The van der Waals surface area contributed by atoms with Gasteiger partial charge in [-0.2, -0.15) is 0 Å². The monoisotopic (exact) mass is 693 g/mol. The number of nitrogens with one attached hydrogen (secondary N) is 1. The number of anilines is 1. The van der Waals surface area contributed by atoms with E-state index in [1.54, 1.807) is 42.5 Å². The van der Waals surface area contributed by atoms with Gasteiger partial charge in [-0.3, -0.25) is 13.9 Å². The Balaban J connectivity index is 1.74. The van der Waals surface area contributed by atoms with Gasteiger partial charge < -0.3 is 10.2 Å². The van der Waals surface area contributed by atoms with E-state index in [0.29, 0.717) is 25.8 Å². The molecule has 11 heteroatoms. The zero-order valence-corrected chi connectivity index (χ0v) is 27.2. The summed E-state index contributed by atoms with van der Waals surface area (Å²) in [5.41, 5.74) is 1.87. The van der Waals surface area contributed by atoms with E-state index in [1.807, 2.05) is 30.3 Å². The van der Waals surface area contributed by atoms with E-state index in [2.05, 4.69) is 21.2 Å². The van der Waals surface area contributed by atoms with E-state index in [9.17, 15) is 18.0 Å². The van der Waals surface area contributed by atoms with E-state index in [0.717, 1.165) is 48.2 Å². The number of hydrogen-bond donors (Lipinski definition) is 1. The fraction of sp³-hybridized carbons (Fsp3) is 0.355. The largest absolute Gasteiger partial charge is 0.352 e. The Bertz CT molecular complexity index is 1500. The second-order valence-corrected chi connectivity index (χ2v) is 14.2. The molecule has 0 aromatic heterocycles. The number of rotatable bonds is 11. The molecule has 3 aromatic carbocycles. The average Bonchev–Trinajstić information content (AvgIpc) is 2.95. The highest BCUT2D eigenvalue weighted by molar-refractivity contribution is 9.10. The molecular weight excluding hydrogens is 661 g/mol. The van der Waals surface area contributed by atoms with Crippen molar-refractivity contribution in [3.63, 3.8) is 0 Å². The summed E-state index contributed by atoms with van der Waals surface area (Å²) in [5.74, 6) is -0.793. The number of sulfonamides is 1. The van der Waals surface area contributed by atoms with Crippen LogP contribution in [0.2, 0.25) is 10.0 Å². The minimum absolute atomic E-state index is 0.0284. The van der Waals surface area contributed by atoms with Crippen LogP contribution in [0, 0.1) is 0 Å². The summed E-state index contributed by atoms with van der Waals surface area (Å²) in [7, 11) is -3.85. The first-order valence-corrected chi connectivity index (χ1v) is 17.2. The molecule has 42 heavy (non-hydrogen) atoms. The third kappa shape index (κ3) is 8.96. The van der Waals surface area contributed by atoms with Gasteiger partial charge in [-0.1, -0.05) is 101 Å². The molecule has 0 aliphatic heterocycles. The van der Waals surface area contributed by atoms with Crippen molar-refractivity contribution in [2.24, 2.45) is 0 Å². The van der Waals surface area contributed by atoms with Gasteiger partial charge in [-0.05, 0) is 54.3 Å². The van der Waals surface area contributed by atoms with E-state index in [-0.39, 0.29) is 24.9 Å². The van der Waals surface area contributed by atoms with Crippen molar-refractivity contribution < 1.29 is 18.0 Å². The van der Waals surface area contributed by atoms with E-state index >= 15 is 0 Å². The van der Waals surface area contributed by atoms with Crippen LogP contribution in [0.1, 0.15) is 43.2 Å². The number of halogens is 3. The van der Waals surface area contributed by atoms with Crippen LogP contribution in [0.5, 0.6) is 0 Å². The molecular formula is C31H34BrCl2N3O4S. The molecule has 1 fully saturated rings. The van der Waals surface area contributed by atoms with Gasteiger partial charge in [0.1, 0.15) is 12.6 Å². The molecule has 0 saturated heterocycles. The Hall–Kier alpha value is -2.59. The molecule has 1 aliphatic rings. The molecule has 2 amide bonds. The van der Waals surface area contributed by atoms with Crippen molar-refractivity contribution in [2.75, 3.05) is 17.1 Å². The lowest BCUT2D eigenvalue weighted by atomic mass is 9.94. The highest BCUT2D eigenvalue weighted by Gasteiger charge is 2.34. The molecule has 1 saturated carbocycles. The average molecular weight is 696 g/mol. The van der Waals surface area contributed by atoms with Crippen LogP contribution < -0.4 is 9.62 Å². The van der Waals surface area contributed by atoms with Crippen molar-refractivity contribution >= 4 is 66.7 Å². The smallest absolute Gasteiger partial charge is 0.244 e. The van der Waals surface area contributed by atoms with Gasteiger partial charge in [0.05, 0.1) is 22.0 Å². The molecule has 1 N–H and O–H groups in total. The van der Waals surface area contributed by atoms with Crippen molar-refractivity contribution in [1.29, 1.82) is 0 Å². The van der Waals surface area contributed by atoms with Crippen molar-refractivity contribution in [3.8, 4) is 0 Å². The van der Waals surface area contributed by atoms with Gasteiger partial charge in [0.25, 0.3) is 0 Å². The van der Waals surface area contributed by atoms with E-state index in [1.165, 1.54) is 4.90 Å². The van der Waals surface area contributed by atoms with Crippen LogP contribution in [0.25, 0.3) is 0 Å². The predicted molar refractivity (Wildman–Crippen MR) is 172 cm³/mol. The number of carbonyl (C=O) groups excluding carboxylic acids is 2. The maximum absolute atomic E-state index is 14.2. The number of hydrogen-bond acceptors (Lipinski definition) is 4. The van der Waals surface area contributed by atoms with Gasteiger partial charge >= 0.3 is 0 Å². The maximum atomic E-state index is 14.2. The zero-order valence-electron chi connectivity index (χ0n) is 23.3. The van der Waals surface area contributed by atoms with E-state index < -0.39 is 28.5 Å². The second-order valence-electron chi connectivity index (χ2n) is 10.6. The molecule has 0 radical (unpaired) electrons. The molecule has 0 bridgehead atoms. The van der Waals surface area contributed by atoms with Crippen LogP contribution in [0.15, 0.2) is 77.3 Å². The lowest BCUT2D eigenvalue weighted by Crippen LogP contribution is -2.55. The quantitative estimate of drug-likeness (QED) is 0.245. The Labute approximate surface area is 266 Å². The molecule has 4 rings (SSSR count). The molecule has 3 aromatic rings. The van der Waals surface area contributed by atoms with Gasteiger partial charge in [0, 0.05) is 23.5 Å². The van der Waals surface area contributed by atoms with Crippen LogP contribution in [0.4, 0.5) is 5.69 Å². The summed E-state index contributed by atoms with van der Waals surface area (Å²) in [6, 6.07) is 20.4. The summed E-state index contributed by atoms with van der Waals surface area (Å²) < 4.78 is 27.6. The SMILES string of the molecule is CS(=O)(=O)N(CC(=O)N(Cc1ccc(Cl)c(Cl)c1)C(Cc1ccccc1)C(=O)NC1CCCCC1)c1cccc(Br)c1. The first-order valence-electron chi connectivity index (χ1n) is 13.8. The summed E-state index contributed by atoms with van der Waals surface area (Å²) in [4.78, 5) is 29.7. The molecule has 0 heterocycles. The first kappa shape index (κ1) is 32.3. The predicted octanol–water partition coefficient (Wildman–Crippen LogP) is 6.61. The normalized spacial score (nSPS) is 14.7.